The largest absolute Gasteiger partial charge is 0.497 e. The quantitative estimate of drug-likeness (QED) is 0.627. The molecule has 110 valence electrons. The molecule has 0 radical (unpaired) electrons. The van der Waals surface area contributed by atoms with Crippen LogP contribution < -0.4 is 4.74 Å². The molecule has 2 rings (SSSR count). The molecule has 0 unspecified atom stereocenters. The number of methoxy groups -OCH3 is 2. The number of nitrogens with zero attached hydrogens (tertiary/aromatic N) is 1. The maximum absolute atomic E-state index is 11.7. The number of ketones is 1. The van der Waals surface area contributed by atoms with E-state index in [1.807, 2.05) is 24.3 Å². The number of benzene rings is 1. The minimum absolute atomic E-state index is 0.0906. The second kappa shape index (κ2) is 6.49. The second-order valence-corrected chi connectivity index (χ2v) is 5.45. The zero-order chi connectivity index (χ0) is 15.4. The number of ether oxygens (including phenoxy) is 2. The van der Waals surface area contributed by atoms with Crippen molar-refractivity contribution < 1.29 is 19.1 Å². The van der Waals surface area contributed by atoms with Crippen LogP contribution in [-0.2, 0) is 11.2 Å². The molecule has 0 saturated carbocycles. The maximum atomic E-state index is 11.7. The summed E-state index contributed by atoms with van der Waals surface area (Å²) in [5.41, 5.74) is 1.09. The van der Waals surface area contributed by atoms with Gasteiger partial charge in [0.2, 0.25) is 0 Å². The number of hydrogen-bond acceptors (Lipinski definition) is 6. The highest BCUT2D eigenvalue weighted by molar-refractivity contribution is 7.14. The van der Waals surface area contributed by atoms with Gasteiger partial charge in [-0.3, -0.25) is 4.79 Å². The van der Waals surface area contributed by atoms with Gasteiger partial charge in [0.25, 0.3) is 0 Å². The fraction of sp³-hybridized carbons (Fsp3) is 0.267. The molecule has 0 atom stereocenters. The van der Waals surface area contributed by atoms with E-state index in [0.29, 0.717) is 16.3 Å². The van der Waals surface area contributed by atoms with Crippen LogP contribution in [0.3, 0.4) is 0 Å². The van der Waals surface area contributed by atoms with Crippen molar-refractivity contribution in [2.24, 2.45) is 0 Å². The van der Waals surface area contributed by atoms with Crippen LogP contribution in [0.5, 0.6) is 5.75 Å². The third kappa shape index (κ3) is 3.46. The van der Waals surface area contributed by atoms with E-state index in [4.69, 9.17) is 4.74 Å². The molecule has 0 aliphatic carbocycles. The lowest BCUT2D eigenvalue weighted by molar-refractivity contribution is 0.0591. The summed E-state index contributed by atoms with van der Waals surface area (Å²) in [5, 5.41) is 0.689. The van der Waals surface area contributed by atoms with Gasteiger partial charge >= 0.3 is 5.97 Å². The molecule has 0 aliphatic rings. The average Bonchev–Trinajstić information content (AvgIpc) is 2.90. The zero-order valence-electron chi connectivity index (χ0n) is 12.0. The lowest BCUT2D eigenvalue weighted by Crippen LogP contribution is -2.07. The molecule has 21 heavy (non-hydrogen) atoms. The average molecular weight is 305 g/mol. The number of carbonyl (C=O) groups is 2. The third-order valence-corrected chi connectivity index (χ3v) is 4.02. The summed E-state index contributed by atoms with van der Waals surface area (Å²) < 4.78 is 9.83. The summed E-state index contributed by atoms with van der Waals surface area (Å²) in [6, 6.07) is 7.57. The van der Waals surface area contributed by atoms with Crippen LogP contribution >= 0.6 is 11.3 Å². The molecule has 0 fully saturated rings. The van der Waals surface area contributed by atoms with E-state index >= 15 is 0 Å². The van der Waals surface area contributed by atoms with Crippen molar-refractivity contribution in [2.45, 2.75) is 13.3 Å². The van der Waals surface area contributed by atoms with Gasteiger partial charge in [-0.2, -0.15) is 0 Å². The number of hydrogen-bond donors (Lipinski definition) is 0. The molecule has 0 aliphatic heterocycles. The van der Waals surface area contributed by atoms with Crippen LogP contribution in [0.25, 0.3) is 0 Å². The van der Waals surface area contributed by atoms with Gasteiger partial charge < -0.3 is 9.47 Å². The van der Waals surface area contributed by atoms with E-state index in [-0.39, 0.29) is 11.5 Å². The maximum Gasteiger partial charge on any atom is 0.358 e. The molecule has 0 saturated heterocycles. The number of aromatic nitrogens is 1. The van der Waals surface area contributed by atoms with Crippen molar-refractivity contribution in [2.75, 3.05) is 14.2 Å². The molecule has 1 heterocycles. The third-order valence-electron chi connectivity index (χ3n) is 2.86. The molecule has 0 spiro atoms. The molecule has 0 bridgehead atoms. The Kier molecular flexibility index (Phi) is 4.70. The first-order valence-corrected chi connectivity index (χ1v) is 7.08. The predicted octanol–water partition coefficient (Wildman–Crippen LogP) is 2.73. The fourth-order valence-corrected chi connectivity index (χ4v) is 2.85. The summed E-state index contributed by atoms with van der Waals surface area (Å²) in [6.07, 6.45) is 0.527. The Balaban J connectivity index is 2.32. The summed E-state index contributed by atoms with van der Waals surface area (Å²) in [7, 11) is 2.87. The van der Waals surface area contributed by atoms with Gasteiger partial charge in [-0.25, -0.2) is 9.78 Å². The van der Waals surface area contributed by atoms with Gasteiger partial charge in [-0.05, 0) is 17.7 Å². The number of rotatable bonds is 5. The van der Waals surface area contributed by atoms with Crippen molar-refractivity contribution in [3.05, 3.63) is 45.4 Å². The minimum Gasteiger partial charge on any atom is -0.497 e. The van der Waals surface area contributed by atoms with Gasteiger partial charge in [0.15, 0.2) is 11.5 Å². The van der Waals surface area contributed by atoms with Gasteiger partial charge in [0.05, 0.1) is 19.2 Å². The Morgan fingerprint density at radius 3 is 2.67 bits per heavy atom. The van der Waals surface area contributed by atoms with Crippen LogP contribution in [-0.4, -0.2) is 31.0 Å². The van der Waals surface area contributed by atoms with Crippen molar-refractivity contribution >= 4 is 23.1 Å². The van der Waals surface area contributed by atoms with Crippen molar-refractivity contribution in [1.29, 1.82) is 0 Å². The normalized spacial score (nSPS) is 10.2. The van der Waals surface area contributed by atoms with Crippen LogP contribution in [0.2, 0.25) is 0 Å². The molecule has 2 aromatic rings. The first-order valence-electron chi connectivity index (χ1n) is 6.27. The summed E-state index contributed by atoms with van der Waals surface area (Å²) in [6.45, 7) is 1.41. The molecular weight excluding hydrogens is 290 g/mol. The second-order valence-electron chi connectivity index (χ2n) is 4.36. The molecule has 0 amide bonds. The Hall–Kier alpha value is -2.21. The monoisotopic (exact) mass is 305 g/mol. The Morgan fingerprint density at radius 1 is 1.29 bits per heavy atom. The lowest BCUT2D eigenvalue weighted by atomic mass is 10.1. The standard InChI is InChI=1S/C15H15NO4S/c1-9(17)14-13(15(18)20-3)16-12(21-14)8-10-5-4-6-11(7-10)19-2/h4-7H,8H2,1-3H3. The van der Waals surface area contributed by atoms with Gasteiger partial charge in [0, 0.05) is 13.3 Å². The number of carbonyl (C=O) groups excluding carboxylic acids is 2. The number of thiazole rings is 1. The van der Waals surface area contributed by atoms with Crippen molar-refractivity contribution in [3.8, 4) is 5.75 Å². The lowest BCUT2D eigenvalue weighted by Gasteiger charge is -2.02. The molecule has 6 heteroatoms. The van der Waals surface area contributed by atoms with Crippen LogP contribution in [0.4, 0.5) is 0 Å². The minimum atomic E-state index is -0.589. The molecule has 1 aromatic heterocycles. The molecular formula is C15H15NO4S. The summed E-state index contributed by atoms with van der Waals surface area (Å²) in [4.78, 5) is 27.8. The number of esters is 1. The van der Waals surface area contributed by atoms with Gasteiger partial charge in [-0.1, -0.05) is 12.1 Å². The Morgan fingerprint density at radius 2 is 2.05 bits per heavy atom. The van der Waals surface area contributed by atoms with Crippen LogP contribution in [0, 0.1) is 0 Å². The predicted molar refractivity (Wildman–Crippen MR) is 79.3 cm³/mol. The number of Topliss-reactive ketones (excluding diaryl/α,β-unsaturated/α-hetero) is 1. The van der Waals surface area contributed by atoms with E-state index in [1.165, 1.54) is 25.4 Å². The smallest absolute Gasteiger partial charge is 0.358 e. The van der Waals surface area contributed by atoms with Crippen LogP contribution in [0.1, 0.15) is 37.7 Å². The van der Waals surface area contributed by atoms with E-state index < -0.39 is 5.97 Å². The van der Waals surface area contributed by atoms with Crippen molar-refractivity contribution in [1.82, 2.24) is 4.98 Å². The molecule has 0 N–H and O–H groups in total. The highest BCUT2D eigenvalue weighted by Gasteiger charge is 2.21. The van der Waals surface area contributed by atoms with Gasteiger partial charge in [-0.15, -0.1) is 11.3 Å². The SMILES string of the molecule is COC(=O)c1nc(Cc2cccc(OC)c2)sc1C(C)=O. The van der Waals surface area contributed by atoms with Crippen LogP contribution in [0.15, 0.2) is 24.3 Å². The van der Waals surface area contributed by atoms with Gasteiger partial charge in [0.1, 0.15) is 10.6 Å². The fourth-order valence-electron chi connectivity index (χ4n) is 1.87. The summed E-state index contributed by atoms with van der Waals surface area (Å²) >= 11 is 1.22. The van der Waals surface area contributed by atoms with Crippen molar-refractivity contribution in [3.63, 3.8) is 0 Å². The first-order chi connectivity index (χ1) is 10.0. The molecule has 5 nitrogen and oxygen atoms in total. The first kappa shape index (κ1) is 15.2. The Labute approximate surface area is 126 Å². The highest BCUT2D eigenvalue weighted by Crippen LogP contribution is 2.24. The van der Waals surface area contributed by atoms with E-state index in [0.717, 1.165) is 11.3 Å². The van der Waals surface area contributed by atoms with E-state index in [1.54, 1.807) is 7.11 Å². The molecule has 1 aromatic carbocycles. The summed E-state index contributed by atoms with van der Waals surface area (Å²) in [5.74, 6) is -0.0258. The highest BCUT2D eigenvalue weighted by atomic mass is 32.1. The Bertz CT molecular complexity index is 678. The topological polar surface area (TPSA) is 65.5 Å². The van der Waals surface area contributed by atoms with E-state index in [2.05, 4.69) is 9.72 Å². The van der Waals surface area contributed by atoms with E-state index in [9.17, 15) is 9.59 Å². The zero-order valence-corrected chi connectivity index (χ0v) is 12.8.